The number of nitrogens with two attached hydrogens (primary N) is 1. The average Bonchev–Trinajstić information content (AvgIpc) is 2.93. The molecule has 1 aromatic heterocycles. The van der Waals surface area contributed by atoms with Crippen LogP contribution in [0.4, 0.5) is 0 Å². The van der Waals surface area contributed by atoms with Crippen molar-refractivity contribution in [2.75, 3.05) is 13.1 Å². The van der Waals surface area contributed by atoms with E-state index in [0.717, 1.165) is 6.42 Å². The first-order chi connectivity index (χ1) is 10.9. The molecule has 6 heteroatoms. The molecule has 3 atom stereocenters. The van der Waals surface area contributed by atoms with Crippen molar-refractivity contribution in [2.45, 2.75) is 39.3 Å². The van der Waals surface area contributed by atoms with Gasteiger partial charge in [0, 0.05) is 18.8 Å². The summed E-state index contributed by atoms with van der Waals surface area (Å²) in [5.41, 5.74) is 6.05. The normalized spacial score (nSPS) is 22.2. The highest BCUT2D eigenvalue weighted by atomic mass is 16.2. The van der Waals surface area contributed by atoms with Crippen LogP contribution in [0.1, 0.15) is 37.7 Å². The van der Waals surface area contributed by atoms with Crippen LogP contribution in [-0.4, -0.2) is 46.9 Å². The fraction of sp³-hybridized carbons (Fsp3) is 0.588. The molecule has 3 unspecified atom stereocenters. The first-order valence-corrected chi connectivity index (χ1v) is 8.16. The second kappa shape index (κ2) is 7.55. The molecule has 0 bridgehead atoms. The molecule has 1 aliphatic heterocycles. The Labute approximate surface area is 137 Å². The van der Waals surface area contributed by atoms with Crippen molar-refractivity contribution in [1.82, 2.24) is 15.2 Å². The van der Waals surface area contributed by atoms with Crippen LogP contribution >= 0.6 is 0 Å². The highest BCUT2D eigenvalue weighted by molar-refractivity contribution is 5.96. The van der Waals surface area contributed by atoms with E-state index in [4.69, 9.17) is 5.73 Å². The molecule has 1 aliphatic rings. The monoisotopic (exact) mass is 318 g/mol. The van der Waals surface area contributed by atoms with E-state index in [-0.39, 0.29) is 23.8 Å². The highest BCUT2D eigenvalue weighted by Gasteiger charge is 2.36. The summed E-state index contributed by atoms with van der Waals surface area (Å²) in [7, 11) is 0. The number of rotatable bonds is 5. The minimum atomic E-state index is -0.552. The van der Waals surface area contributed by atoms with Gasteiger partial charge in [0.2, 0.25) is 5.91 Å². The first kappa shape index (κ1) is 17.4. The zero-order valence-corrected chi connectivity index (χ0v) is 14.0. The second-order valence-electron chi connectivity index (χ2n) is 6.59. The van der Waals surface area contributed by atoms with Crippen molar-refractivity contribution in [1.29, 1.82) is 0 Å². The number of likely N-dealkylation sites (tertiary alicyclic amines) is 1. The van der Waals surface area contributed by atoms with Crippen molar-refractivity contribution in [3.05, 3.63) is 30.1 Å². The maximum Gasteiger partial charge on any atom is 0.270 e. The summed E-state index contributed by atoms with van der Waals surface area (Å²) in [5.74, 6) is -0.0138. The molecule has 1 fully saturated rings. The largest absolute Gasteiger partial charge is 0.339 e. The summed E-state index contributed by atoms with van der Waals surface area (Å²) in [6, 6.07) is 4.75. The van der Waals surface area contributed by atoms with Crippen LogP contribution in [-0.2, 0) is 4.79 Å². The maximum atomic E-state index is 12.9. The van der Waals surface area contributed by atoms with Crippen molar-refractivity contribution >= 4 is 11.8 Å². The van der Waals surface area contributed by atoms with Crippen LogP contribution in [0.5, 0.6) is 0 Å². The topological polar surface area (TPSA) is 88.3 Å². The predicted molar refractivity (Wildman–Crippen MR) is 88.7 cm³/mol. The van der Waals surface area contributed by atoms with E-state index in [2.05, 4.69) is 10.3 Å². The van der Waals surface area contributed by atoms with Gasteiger partial charge >= 0.3 is 0 Å². The zero-order valence-electron chi connectivity index (χ0n) is 14.0. The molecular weight excluding hydrogens is 292 g/mol. The third-order valence-electron chi connectivity index (χ3n) is 4.39. The molecule has 23 heavy (non-hydrogen) atoms. The van der Waals surface area contributed by atoms with E-state index in [1.807, 2.05) is 25.7 Å². The molecule has 126 valence electrons. The summed E-state index contributed by atoms with van der Waals surface area (Å²) in [6.45, 7) is 7.15. The number of nitrogens with zero attached hydrogens (tertiary/aromatic N) is 2. The minimum Gasteiger partial charge on any atom is -0.339 e. The number of pyridine rings is 1. The number of hydrogen-bond donors (Lipinski definition) is 2. The van der Waals surface area contributed by atoms with E-state index in [0.29, 0.717) is 24.7 Å². The first-order valence-electron chi connectivity index (χ1n) is 8.16. The fourth-order valence-corrected chi connectivity index (χ4v) is 3.02. The molecule has 2 heterocycles. The molecule has 1 aromatic rings. The quantitative estimate of drug-likeness (QED) is 0.849. The van der Waals surface area contributed by atoms with Crippen LogP contribution in [0.2, 0.25) is 0 Å². The number of nitrogens with one attached hydrogen (secondary N) is 1. The van der Waals surface area contributed by atoms with Gasteiger partial charge in [-0.1, -0.05) is 19.9 Å². The number of carbonyl (C=O) groups excluding carboxylic acids is 2. The third-order valence-corrected chi connectivity index (χ3v) is 4.39. The lowest BCUT2D eigenvalue weighted by atomic mass is 10.0. The summed E-state index contributed by atoms with van der Waals surface area (Å²) in [5, 5.41) is 2.84. The van der Waals surface area contributed by atoms with Gasteiger partial charge in [-0.05, 0) is 43.9 Å². The van der Waals surface area contributed by atoms with Gasteiger partial charge in [0.25, 0.3) is 5.91 Å². The van der Waals surface area contributed by atoms with Crippen molar-refractivity contribution in [2.24, 2.45) is 17.6 Å². The van der Waals surface area contributed by atoms with E-state index < -0.39 is 6.04 Å². The lowest BCUT2D eigenvalue weighted by molar-refractivity contribution is -0.135. The Hall–Kier alpha value is -1.95. The summed E-state index contributed by atoms with van der Waals surface area (Å²) in [6.07, 6.45) is 2.48. The molecule has 1 saturated heterocycles. The lowest BCUT2D eigenvalue weighted by Gasteiger charge is -2.29. The minimum absolute atomic E-state index is 0.000659. The molecular formula is C17H26N4O2. The number of carbonyl (C=O) groups is 2. The molecule has 2 rings (SSSR count). The number of hydrogen-bond acceptors (Lipinski definition) is 4. The van der Waals surface area contributed by atoms with E-state index >= 15 is 0 Å². The Morgan fingerprint density at radius 2 is 2.17 bits per heavy atom. The molecule has 6 nitrogen and oxygen atoms in total. The van der Waals surface area contributed by atoms with Gasteiger partial charge in [-0.25, -0.2) is 0 Å². The van der Waals surface area contributed by atoms with Gasteiger partial charge in [0.15, 0.2) is 0 Å². The average molecular weight is 318 g/mol. The molecule has 0 aliphatic carbocycles. The molecule has 3 N–H and O–H groups in total. The van der Waals surface area contributed by atoms with Crippen LogP contribution in [0.3, 0.4) is 0 Å². The van der Waals surface area contributed by atoms with Gasteiger partial charge in [-0.3, -0.25) is 14.6 Å². The summed E-state index contributed by atoms with van der Waals surface area (Å²) in [4.78, 5) is 31.1. The van der Waals surface area contributed by atoms with E-state index in [1.54, 1.807) is 24.4 Å². The third kappa shape index (κ3) is 4.07. The Kier molecular flexibility index (Phi) is 5.71. The Morgan fingerprint density at radius 1 is 1.43 bits per heavy atom. The van der Waals surface area contributed by atoms with Crippen LogP contribution < -0.4 is 11.1 Å². The number of amides is 2. The fourth-order valence-electron chi connectivity index (χ4n) is 3.02. The lowest BCUT2D eigenvalue weighted by Crippen LogP contribution is -2.52. The van der Waals surface area contributed by atoms with Crippen LogP contribution in [0.15, 0.2) is 24.4 Å². The van der Waals surface area contributed by atoms with E-state index in [9.17, 15) is 9.59 Å². The Morgan fingerprint density at radius 3 is 2.70 bits per heavy atom. The van der Waals surface area contributed by atoms with Gasteiger partial charge in [0.05, 0.1) is 0 Å². The molecule has 2 amide bonds. The molecule has 0 radical (unpaired) electrons. The zero-order chi connectivity index (χ0) is 17.0. The van der Waals surface area contributed by atoms with Crippen LogP contribution in [0, 0.1) is 11.8 Å². The van der Waals surface area contributed by atoms with Crippen LogP contribution in [0.25, 0.3) is 0 Å². The SMILES string of the molecule is CC(C)C(NC(=O)c1ccccn1)C(=O)N1CC(CN)CC1C. The highest BCUT2D eigenvalue weighted by Crippen LogP contribution is 2.24. The molecule has 0 spiro atoms. The van der Waals surface area contributed by atoms with Gasteiger partial charge in [0.1, 0.15) is 11.7 Å². The van der Waals surface area contributed by atoms with Gasteiger partial charge in [-0.15, -0.1) is 0 Å². The predicted octanol–water partition coefficient (Wildman–Crippen LogP) is 1.03. The second-order valence-corrected chi connectivity index (χ2v) is 6.59. The Bertz CT molecular complexity index is 547. The number of aromatic nitrogens is 1. The Balaban J connectivity index is 2.09. The summed E-state index contributed by atoms with van der Waals surface area (Å²) >= 11 is 0. The van der Waals surface area contributed by atoms with Gasteiger partial charge < -0.3 is 16.0 Å². The van der Waals surface area contributed by atoms with Crippen molar-refractivity contribution < 1.29 is 9.59 Å². The van der Waals surface area contributed by atoms with E-state index in [1.165, 1.54) is 0 Å². The molecule has 0 aromatic carbocycles. The van der Waals surface area contributed by atoms with Crippen molar-refractivity contribution in [3.63, 3.8) is 0 Å². The smallest absolute Gasteiger partial charge is 0.270 e. The van der Waals surface area contributed by atoms with Gasteiger partial charge in [-0.2, -0.15) is 0 Å². The maximum absolute atomic E-state index is 12.9. The molecule has 0 saturated carbocycles. The van der Waals surface area contributed by atoms with Crippen molar-refractivity contribution in [3.8, 4) is 0 Å². The summed E-state index contributed by atoms with van der Waals surface area (Å²) < 4.78 is 0. The standard InChI is InChI=1S/C17H26N4O2/c1-11(2)15(20-16(22)14-6-4-5-7-19-14)17(23)21-10-13(9-18)8-12(21)3/h4-7,11-13,15H,8-10,18H2,1-3H3,(H,20,22).